The van der Waals surface area contributed by atoms with E-state index in [0.29, 0.717) is 12.0 Å². The number of rotatable bonds is 2. The van der Waals surface area contributed by atoms with E-state index in [1.54, 1.807) is 6.07 Å². The van der Waals surface area contributed by atoms with Gasteiger partial charge in [0.25, 0.3) is 0 Å². The third-order valence-corrected chi connectivity index (χ3v) is 4.87. The van der Waals surface area contributed by atoms with Crippen LogP contribution < -0.4 is 0 Å². The highest BCUT2D eigenvalue weighted by atomic mass is 35.5. The Morgan fingerprint density at radius 1 is 1.38 bits per heavy atom. The van der Waals surface area contributed by atoms with Gasteiger partial charge in [-0.1, -0.05) is 31.4 Å². The zero-order valence-electron chi connectivity index (χ0n) is 12.2. The molecule has 114 valence electrons. The van der Waals surface area contributed by atoms with Gasteiger partial charge in [-0.25, -0.2) is 9.37 Å². The summed E-state index contributed by atoms with van der Waals surface area (Å²) in [4.78, 5) is 4.59. The SMILES string of the molecule is CC1CCCC(n2c(C(C)Cl)nc3cc(Cl)c(F)cc32)C1. The molecule has 0 saturated heterocycles. The van der Waals surface area contributed by atoms with Crippen LogP contribution in [0.5, 0.6) is 0 Å². The average Bonchev–Trinajstić information content (AvgIpc) is 2.78. The monoisotopic (exact) mass is 328 g/mol. The molecule has 1 aromatic heterocycles. The number of nitrogens with zero attached hydrogens (tertiary/aromatic N) is 2. The summed E-state index contributed by atoms with van der Waals surface area (Å²) in [7, 11) is 0. The fourth-order valence-corrected chi connectivity index (χ4v) is 3.72. The first-order valence-corrected chi connectivity index (χ1v) is 8.29. The predicted molar refractivity (Wildman–Crippen MR) is 85.6 cm³/mol. The maximum absolute atomic E-state index is 13.9. The van der Waals surface area contributed by atoms with Crippen LogP contribution in [-0.4, -0.2) is 9.55 Å². The van der Waals surface area contributed by atoms with E-state index in [0.717, 1.165) is 29.7 Å². The minimum atomic E-state index is -0.400. The first kappa shape index (κ1) is 15.1. The molecule has 0 aliphatic heterocycles. The third-order valence-electron chi connectivity index (χ3n) is 4.39. The molecule has 3 atom stereocenters. The third kappa shape index (κ3) is 2.78. The van der Waals surface area contributed by atoms with Crippen molar-refractivity contribution in [2.45, 2.75) is 50.9 Å². The van der Waals surface area contributed by atoms with Crippen LogP contribution in [0.2, 0.25) is 5.02 Å². The highest BCUT2D eigenvalue weighted by Gasteiger charge is 2.26. The van der Waals surface area contributed by atoms with E-state index in [4.69, 9.17) is 23.2 Å². The van der Waals surface area contributed by atoms with Crippen molar-refractivity contribution >= 4 is 34.2 Å². The molecule has 0 bridgehead atoms. The Balaban J connectivity index is 2.17. The Morgan fingerprint density at radius 2 is 2.14 bits per heavy atom. The minimum Gasteiger partial charge on any atom is -0.324 e. The zero-order chi connectivity index (χ0) is 15.1. The number of imidazole rings is 1. The fraction of sp³-hybridized carbons (Fsp3) is 0.562. The number of alkyl halides is 1. The lowest BCUT2D eigenvalue weighted by Gasteiger charge is -2.30. The molecule has 1 saturated carbocycles. The van der Waals surface area contributed by atoms with E-state index in [-0.39, 0.29) is 10.4 Å². The molecule has 21 heavy (non-hydrogen) atoms. The van der Waals surface area contributed by atoms with Gasteiger partial charge < -0.3 is 4.57 Å². The lowest BCUT2D eigenvalue weighted by Crippen LogP contribution is -2.19. The van der Waals surface area contributed by atoms with Gasteiger partial charge in [0, 0.05) is 12.1 Å². The van der Waals surface area contributed by atoms with Gasteiger partial charge in [0.1, 0.15) is 11.6 Å². The maximum atomic E-state index is 13.9. The summed E-state index contributed by atoms with van der Waals surface area (Å²) in [6, 6.07) is 3.43. The Morgan fingerprint density at radius 3 is 2.81 bits per heavy atom. The van der Waals surface area contributed by atoms with Crippen molar-refractivity contribution in [3.8, 4) is 0 Å². The van der Waals surface area contributed by atoms with Crippen LogP contribution in [0.4, 0.5) is 4.39 Å². The second-order valence-corrected chi connectivity index (χ2v) is 7.20. The van der Waals surface area contributed by atoms with E-state index >= 15 is 0 Å². The molecule has 0 amide bonds. The van der Waals surface area contributed by atoms with Crippen LogP contribution in [0.3, 0.4) is 0 Å². The van der Waals surface area contributed by atoms with Crippen LogP contribution >= 0.6 is 23.2 Å². The van der Waals surface area contributed by atoms with Crippen molar-refractivity contribution in [3.63, 3.8) is 0 Å². The molecule has 0 spiro atoms. The van der Waals surface area contributed by atoms with Crippen molar-refractivity contribution in [1.29, 1.82) is 0 Å². The van der Waals surface area contributed by atoms with Crippen molar-refractivity contribution in [3.05, 3.63) is 28.8 Å². The summed E-state index contributed by atoms with van der Waals surface area (Å²) in [6.07, 6.45) is 4.63. The highest BCUT2D eigenvalue weighted by Crippen LogP contribution is 2.38. The van der Waals surface area contributed by atoms with Gasteiger partial charge in [-0.3, -0.25) is 0 Å². The van der Waals surface area contributed by atoms with Gasteiger partial charge in [-0.05, 0) is 31.7 Å². The number of fused-ring (bicyclic) bond motifs is 1. The largest absolute Gasteiger partial charge is 0.324 e. The van der Waals surface area contributed by atoms with Crippen LogP contribution in [0.25, 0.3) is 11.0 Å². The first-order chi connectivity index (χ1) is 9.97. The standard InChI is InChI=1S/C16H19Cl2FN2/c1-9-4-3-5-11(6-9)21-15-8-13(19)12(18)7-14(15)20-16(21)10(2)17/h7-11H,3-6H2,1-2H3. The van der Waals surface area contributed by atoms with Gasteiger partial charge in [0.2, 0.25) is 0 Å². The molecule has 3 unspecified atom stereocenters. The summed E-state index contributed by atoms with van der Waals surface area (Å²) in [5.41, 5.74) is 1.53. The molecule has 1 fully saturated rings. The first-order valence-electron chi connectivity index (χ1n) is 7.48. The van der Waals surface area contributed by atoms with E-state index in [2.05, 4.69) is 16.5 Å². The Hall–Kier alpha value is -0.800. The van der Waals surface area contributed by atoms with Crippen molar-refractivity contribution < 1.29 is 4.39 Å². The molecule has 0 radical (unpaired) electrons. The van der Waals surface area contributed by atoms with Gasteiger partial charge in [-0.15, -0.1) is 11.6 Å². The summed E-state index contributed by atoms with van der Waals surface area (Å²) in [5, 5.41) is -0.102. The summed E-state index contributed by atoms with van der Waals surface area (Å²) >= 11 is 12.2. The lowest BCUT2D eigenvalue weighted by molar-refractivity contribution is 0.282. The summed E-state index contributed by atoms with van der Waals surface area (Å²) in [6.45, 7) is 4.18. The van der Waals surface area contributed by atoms with Crippen LogP contribution in [0.1, 0.15) is 56.8 Å². The Bertz CT molecular complexity index is 666. The summed E-state index contributed by atoms with van der Waals surface area (Å²) < 4.78 is 16.0. The highest BCUT2D eigenvalue weighted by molar-refractivity contribution is 6.31. The molecule has 3 rings (SSSR count). The van der Waals surface area contributed by atoms with Crippen molar-refractivity contribution in [2.24, 2.45) is 5.92 Å². The molecular weight excluding hydrogens is 310 g/mol. The quantitative estimate of drug-likeness (QED) is 0.629. The molecule has 0 N–H and O–H groups in total. The van der Waals surface area contributed by atoms with E-state index in [1.165, 1.54) is 18.9 Å². The molecule has 1 aromatic carbocycles. The summed E-state index contributed by atoms with van der Waals surface area (Å²) in [5.74, 6) is 1.09. The van der Waals surface area contributed by atoms with Crippen molar-refractivity contribution in [1.82, 2.24) is 9.55 Å². The lowest BCUT2D eigenvalue weighted by atomic mass is 9.86. The molecule has 2 aromatic rings. The number of halogens is 3. The molecule has 1 aliphatic rings. The van der Waals surface area contributed by atoms with Crippen LogP contribution in [0, 0.1) is 11.7 Å². The number of benzene rings is 1. The molecular formula is C16H19Cl2FN2. The molecule has 2 nitrogen and oxygen atoms in total. The maximum Gasteiger partial charge on any atom is 0.144 e. The van der Waals surface area contributed by atoms with E-state index < -0.39 is 5.82 Å². The average molecular weight is 329 g/mol. The normalized spacial score (nSPS) is 24.4. The molecule has 1 aliphatic carbocycles. The topological polar surface area (TPSA) is 17.8 Å². The van der Waals surface area contributed by atoms with E-state index in [1.807, 2.05) is 6.92 Å². The van der Waals surface area contributed by atoms with Crippen LogP contribution in [-0.2, 0) is 0 Å². The van der Waals surface area contributed by atoms with Gasteiger partial charge in [-0.2, -0.15) is 0 Å². The number of hydrogen-bond acceptors (Lipinski definition) is 1. The number of hydrogen-bond donors (Lipinski definition) is 0. The van der Waals surface area contributed by atoms with E-state index in [9.17, 15) is 4.39 Å². The molecule has 5 heteroatoms. The predicted octanol–water partition coefficient (Wildman–Crippen LogP) is 5.88. The van der Waals surface area contributed by atoms with Crippen molar-refractivity contribution in [2.75, 3.05) is 0 Å². The smallest absolute Gasteiger partial charge is 0.144 e. The fourth-order valence-electron chi connectivity index (χ4n) is 3.41. The second-order valence-electron chi connectivity index (χ2n) is 6.14. The van der Waals surface area contributed by atoms with Gasteiger partial charge >= 0.3 is 0 Å². The number of aromatic nitrogens is 2. The second kappa shape index (κ2) is 5.77. The molecule has 1 heterocycles. The van der Waals surface area contributed by atoms with Crippen LogP contribution in [0.15, 0.2) is 12.1 Å². The van der Waals surface area contributed by atoms with Gasteiger partial charge in [0.05, 0.1) is 21.4 Å². The Kier molecular flexibility index (Phi) is 4.15. The minimum absolute atomic E-state index is 0.109. The zero-order valence-corrected chi connectivity index (χ0v) is 13.8. The van der Waals surface area contributed by atoms with Gasteiger partial charge in [0.15, 0.2) is 0 Å². The Labute approximate surface area is 134 Å².